The zero-order valence-corrected chi connectivity index (χ0v) is 13.6. The minimum absolute atomic E-state index is 0.0339. The first-order chi connectivity index (χ1) is 10.7. The van der Waals surface area contributed by atoms with Gasteiger partial charge in [-0.05, 0) is 31.9 Å². The van der Waals surface area contributed by atoms with Gasteiger partial charge < -0.3 is 14.8 Å². The molecule has 1 aromatic carbocycles. The molecule has 0 unspecified atom stereocenters. The predicted octanol–water partition coefficient (Wildman–Crippen LogP) is 3.69. The van der Waals surface area contributed by atoms with Crippen LogP contribution >= 0.6 is 0 Å². The van der Waals surface area contributed by atoms with Crippen molar-refractivity contribution in [2.75, 3.05) is 7.11 Å². The highest BCUT2D eigenvalue weighted by molar-refractivity contribution is 5.81. The summed E-state index contributed by atoms with van der Waals surface area (Å²) in [5, 5.41) is 3.14. The van der Waals surface area contributed by atoms with Crippen molar-refractivity contribution < 1.29 is 14.3 Å². The van der Waals surface area contributed by atoms with E-state index in [2.05, 4.69) is 5.32 Å². The van der Waals surface area contributed by atoms with E-state index in [4.69, 9.17) is 9.47 Å². The quantitative estimate of drug-likeness (QED) is 0.902. The van der Waals surface area contributed by atoms with Crippen LogP contribution in [-0.4, -0.2) is 25.2 Å². The van der Waals surface area contributed by atoms with Gasteiger partial charge in [0.1, 0.15) is 11.5 Å². The number of carbonyl (C=O) groups is 1. The molecule has 2 rings (SSSR count). The Labute approximate surface area is 133 Å². The molecule has 0 aromatic heterocycles. The average molecular weight is 305 g/mol. The van der Waals surface area contributed by atoms with Gasteiger partial charge in [-0.15, -0.1) is 0 Å². The Morgan fingerprint density at radius 3 is 2.45 bits per heavy atom. The molecule has 0 aliphatic heterocycles. The van der Waals surface area contributed by atoms with Gasteiger partial charge in [0, 0.05) is 12.1 Å². The molecule has 0 spiro atoms. The van der Waals surface area contributed by atoms with Crippen LogP contribution in [0.3, 0.4) is 0 Å². The molecule has 1 amide bonds. The van der Waals surface area contributed by atoms with Crippen molar-refractivity contribution in [2.45, 2.75) is 64.0 Å². The molecule has 1 N–H and O–H groups in total. The van der Waals surface area contributed by atoms with Gasteiger partial charge in [-0.3, -0.25) is 4.79 Å². The summed E-state index contributed by atoms with van der Waals surface area (Å²) >= 11 is 0. The number of nitrogens with one attached hydrogen (secondary N) is 1. The number of rotatable bonds is 5. The van der Waals surface area contributed by atoms with Crippen molar-refractivity contribution in [2.24, 2.45) is 0 Å². The number of carbonyl (C=O) groups excluding carboxylic acids is 1. The van der Waals surface area contributed by atoms with E-state index in [0.29, 0.717) is 11.8 Å². The fraction of sp³-hybridized carbons (Fsp3) is 0.611. The molecule has 0 radical (unpaired) electrons. The van der Waals surface area contributed by atoms with Gasteiger partial charge in [-0.1, -0.05) is 38.2 Å². The summed E-state index contributed by atoms with van der Waals surface area (Å²) in [7, 11) is 1.61. The summed E-state index contributed by atoms with van der Waals surface area (Å²) in [5.74, 6) is 1.35. The van der Waals surface area contributed by atoms with Crippen LogP contribution in [0.25, 0.3) is 0 Å². The second kappa shape index (κ2) is 8.66. The monoisotopic (exact) mass is 305 g/mol. The summed E-state index contributed by atoms with van der Waals surface area (Å²) < 4.78 is 10.9. The van der Waals surface area contributed by atoms with Crippen molar-refractivity contribution in [1.82, 2.24) is 5.32 Å². The third-order valence-electron chi connectivity index (χ3n) is 4.17. The number of hydrogen-bond donors (Lipinski definition) is 1. The summed E-state index contributed by atoms with van der Waals surface area (Å²) in [6.45, 7) is 1.79. The van der Waals surface area contributed by atoms with Crippen molar-refractivity contribution in [3.8, 4) is 11.5 Å². The average Bonchev–Trinajstić information content (AvgIpc) is 2.49. The highest BCUT2D eigenvalue weighted by Gasteiger charge is 2.19. The van der Waals surface area contributed by atoms with Gasteiger partial charge in [0.05, 0.1) is 7.11 Å². The lowest BCUT2D eigenvalue weighted by Gasteiger charge is -2.23. The number of methoxy groups -OCH3 is 1. The summed E-state index contributed by atoms with van der Waals surface area (Å²) in [6.07, 6.45) is 7.96. The molecule has 1 fully saturated rings. The SMILES string of the molecule is COc1cccc(O[C@H](C)C(=O)NC2CCCCCCC2)c1. The molecule has 4 heteroatoms. The molecule has 122 valence electrons. The second-order valence-corrected chi connectivity index (χ2v) is 5.99. The summed E-state index contributed by atoms with van der Waals surface area (Å²) in [5.41, 5.74) is 0. The molecule has 22 heavy (non-hydrogen) atoms. The van der Waals surface area contributed by atoms with Crippen molar-refractivity contribution in [1.29, 1.82) is 0 Å². The number of amides is 1. The van der Waals surface area contributed by atoms with E-state index in [1.807, 2.05) is 18.2 Å². The molecule has 0 saturated heterocycles. The fourth-order valence-corrected chi connectivity index (χ4v) is 2.85. The maximum absolute atomic E-state index is 12.3. The third kappa shape index (κ3) is 5.24. The van der Waals surface area contributed by atoms with E-state index < -0.39 is 6.10 Å². The van der Waals surface area contributed by atoms with E-state index in [1.165, 1.54) is 32.1 Å². The van der Waals surface area contributed by atoms with Crippen LogP contribution in [0.15, 0.2) is 24.3 Å². The molecule has 0 bridgehead atoms. The van der Waals surface area contributed by atoms with Crippen molar-refractivity contribution >= 4 is 5.91 Å². The zero-order chi connectivity index (χ0) is 15.8. The van der Waals surface area contributed by atoms with Crippen molar-refractivity contribution in [3.05, 3.63) is 24.3 Å². The van der Waals surface area contributed by atoms with E-state index in [1.54, 1.807) is 20.1 Å². The number of hydrogen-bond acceptors (Lipinski definition) is 3. The Kier molecular flexibility index (Phi) is 6.56. The first-order valence-electron chi connectivity index (χ1n) is 8.30. The van der Waals surface area contributed by atoms with Crippen LogP contribution in [0.5, 0.6) is 11.5 Å². The molecular formula is C18H27NO3. The molecule has 1 aromatic rings. The molecule has 4 nitrogen and oxygen atoms in total. The Balaban J connectivity index is 1.85. The van der Waals surface area contributed by atoms with Crippen LogP contribution in [0, 0.1) is 0 Å². The minimum Gasteiger partial charge on any atom is -0.497 e. The molecule has 1 atom stereocenters. The van der Waals surface area contributed by atoms with Crippen LogP contribution in [0.2, 0.25) is 0 Å². The first-order valence-corrected chi connectivity index (χ1v) is 8.30. The van der Waals surface area contributed by atoms with E-state index >= 15 is 0 Å². The Bertz CT molecular complexity index is 467. The Morgan fingerprint density at radius 2 is 1.77 bits per heavy atom. The van der Waals surface area contributed by atoms with Gasteiger partial charge in [-0.2, -0.15) is 0 Å². The van der Waals surface area contributed by atoms with E-state index in [9.17, 15) is 4.79 Å². The smallest absolute Gasteiger partial charge is 0.260 e. The number of benzene rings is 1. The molecule has 1 saturated carbocycles. The van der Waals surface area contributed by atoms with Crippen LogP contribution < -0.4 is 14.8 Å². The van der Waals surface area contributed by atoms with Gasteiger partial charge in [0.2, 0.25) is 0 Å². The zero-order valence-electron chi connectivity index (χ0n) is 13.6. The van der Waals surface area contributed by atoms with E-state index in [-0.39, 0.29) is 5.91 Å². The Hall–Kier alpha value is -1.71. The van der Waals surface area contributed by atoms with E-state index in [0.717, 1.165) is 18.6 Å². The molecule has 0 heterocycles. The highest BCUT2D eigenvalue weighted by Crippen LogP contribution is 2.20. The Morgan fingerprint density at radius 1 is 1.14 bits per heavy atom. The van der Waals surface area contributed by atoms with Crippen LogP contribution in [-0.2, 0) is 4.79 Å². The topological polar surface area (TPSA) is 47.6 Å². The number of ether oxygens (including phenoxy) is 2. The van der Waals surface area contributed by atoms with Gasteiger partial charge in [-0.25, -0.2) is 0 Å². The van der Waals surface area contributed by atoms with Gasteiger partial charge >= 0.3 is 0 Å². The van der Waals surface area contributed by atoms with Gasteiger partial charge in [0.15, 0.2) is 6.10 Å². The maximum atomic E-state index is 12.3. The lowest BCUT2D eigenvalue weighted by Crippen LogP contribution is -2.42. The molecule has 1 aliphatic rings. The fourth-order valence-electron chi connectivity index (χ4n) is 2.85. The highest BCUT2D eigenvalue weighted by atomic mass is 16.5. The normalized spacial score (nSPS) is 17.9. The molecular weight excluding hydrogens is 278 g/mol. The van der Waals surface area contributed by atoms with Crippen LogP contribution in [0.1, 0.15) is 51.9 Å². The summed E-state index contributed by atoms with van der Waals surface area (Å²) in [4.78, 5) is 12.3. The standard InChI is InChI=1S/C18H27NO3/c1-14(22-17-12-8-11-16(13-17)21-2)18(20)19-15-9-6-4-3-5-7-10-15/h8,11-15H,3-7,9-10H2,1-2H3,(H,19,20)/t14-/m1/s1. The lowest BCUT2D eigenvalue weighted by molar-refractivity contribution is -0.128. The predicted molar refractivity (Wildman–Crippen MR) is 87.3 cm³/mol. The first kappa shape index (κ1) is 16.7. The largest absolute Gasteiger partial charge is 0.497 e. The summed E-state index contributed by atoms with van der Waals surface area (Å²) in [6, 6.07) is 7.63. The maximum Gasteiger partial charge on any atom is 0.260 e. The molecule has 1 aliphatic carbocycles. The third-order valence-corrected chi connectivity index (χ3v) is 4.17. The minimum atomic E-state index is -0.502. The van der Waals surface area contributed by atoms with Crippen LogP contribution in [0.4, 0.5) is 0 Å². The second-order valence-electron chi connectivity index (χ2n) is 5.99. The lowest BCUT2D eigenvalue weighted by atomic mass is 9.96. The van der Waals surface area contributed by atoms with Crippen molar-refractivity contribution in [3.63, 3.8) is 0 Å². The van der Waals surface area contributed by atoms with Gasteiger partial charge in [0.25, 0.3) is 5.91 Å².